The molecule has 2 aromatic rings. The first kappa shape index (κ1) is 32.1. The molecular weight excluding hydrogens is 556 g/mol. The molecule has 0 saturated heterocycles. The van der Waals surface area contributed by atoms with Crippen molar-refractivity contribution in [3.05, 3.63) is 58.7 Å². The lowest BCUT2D eigenvalue weighted by molar-refractivity contribution is -0.0149. The van der Waals surface area contributed by atoms with E-state index in [9.17, 15) is 17.6 Å². The van der Waals surface area contributed by atoms with Crippen LogP contribution in [0.4, 0.5) is 17.6 Å². The zero-order chi connectivity index (χ0) is 30.3. The van der Waals surface area contributed by atoms with E-state index in [0.29, 0.717) is 48.2 Å². The van der Waals surface area contributed by atoms with Crippen LogP contribution in [-0.4, -0.2) is 25.9 Å². The Morgan fingerprint density at radius 2 is 1.07 bits per heavy atom. The maximum atomic E-state index is 14.8. The second-order valence-electron chi connectivity index (χ2n) is 13.0. The summed E-state index contributed by atoms with van der Waals surface area (Å²) in [7, 11) is 0. The zero-order valence-electron chi connectivity index (χ0n) is 25.8. The lowest BCUT2D eigenvalue weighted by atomic mass is 9.69. The molecule has 0 amide bonds. The van der Waals surface area contributed by atoms with Crippen LogP contribution in [0.15, 0.2) is 24.3 Å². The van der Waals surface area contributed by atoms with Gasteiger partial charge in [-0.15, -0.1) is 0 Å². The summed E-state index contributed by atoms with van der Waals surface area (Å²) in [6, 6.07) is 6.56. The van der Waals surface area contributed by atoms with Gasteiger partial charge in [0.2, 0.25) is 11.6 Å². The minimum absolute atomic E-state index is 0.00332. The van der Waals surface area contributed by atoms with E-state index in [0.717, 1.165) is 77.2 Å². The van der Waals surface area contributed by atoms with Crippen LogP contribution in [0.1, 0.15) is 120 Å². The van der Waals surface area contributed by atoms with E-state index >= 15 is 0 Å². The van der Waals surface area contributed by atoms with Crippen LogP contribution >= 0.6 is 0 Å². The fraction of sp³-hybridized carbons (Fsp3) is 0.667. The second-order valence-corrected chi connectivity index (χ2v) is 13.0. The van der Waals surface area contributed by atoms with Gasteiger partial charge in [0.15, 0.2) is 23.1 Å². The smallest absolute Gasteiger partial charge is 0.200 e. The van der Waals surface area contributed by atoms with E-state index in [2.05, 4.69) is 0 Å². The van der Waals surface area contributed by atoms with Crippen molar-refractivity contribution in [2.75, 3.05) is 19.8 Å². The Labute approximate surface area is 254 Å². The van der Waals surface area contributed by atoms with E-state index in [4.69, 9.17) is 14.2 Å². The van der Waals surface area contributed by atoms with Crippen molar-refractivity contribution in [2.24, 2.45) is 17.8 Å². The molecule has 238 valence electrons. The number of benzene rings is 2. The highest BCUT2D eigenvalue weighted by molar-refractivity contribution is 5.34. The topological polar surface area (TPSA) is 27.7 Å². The summed E-state index contributed by atoms with van der Waals surface area (Å²) in [6.07, 6.45) is 13.1. The van der Waals surface area contributed by atoms with Gasteiger partial charge in [-0.05, 0) is 143 Å². The first-order valence-electron chi connectivity index (χ1n) is 16.7. The van der Waals surface area contributed by atoms with Crippen molar-refractivity contribution in [3.8, 4) is 11.5 Å². The number of rotatable bonds is 11. The Bertz CT molecular complexity index is 1180. The average molecular weight is 605 g/mol. The summed E-state index contributed by atoms with van der Waals surface area (Å²) in [5.41, 5.74) is 0.975. The molecular formula is C36H48F4O3. The number of halogens is 4. The molecule has 3 nitrogen and oxygen atoms in total. The molecule has 0 radical (unpaired) electrons. The highest BCUT2D eigenvalue weighted by atomic mass is 19.2. The van der Waals surface area contributed by atoms with Crippen LogP contribution in [0.2, 0.25) is 0 Å². The first-order chi connectivity index (χ1) is 20.9. The summed E-state index contributed by atoms with van der Waals surface area (Å²) < 4.78 is 75.3. The first-order valence-corrected chi connectivity index (χ1v) is 16.7. The lowest BCUT2D eigenvalue weighted by Crippen LogP contribution is -2.30. The highest BCUT2D eigenvalue weighted by Crippen LogP contribution is 2.45. The number of hydrogen-bond donors (Lipinski definition) is 0. The molecule has 0 heterocycles. The zero-order valence-corrected chi connectivity index (χ0v) is 25.8. The van der Waals surface area contributed by atoms with Gasteiger partial charge < -0.3 is 14.2 Å². The minimum atomic E-state index is -0.864. The van der Waals surface area contributed by atoms with E-state index in [1.54, 1.807) is 31.2 Å². The maximum Gasteiger partial charge on any atom is 0.200 e. The third kappa shape index (κ3) is 7.69. The molecule has 0 spiro atoms. The molecule has 7 heteroatoms. The van der Waals surface area contributed by atoms with Gasteiger partial charge in [0.25, 0.3) is 0 Å². The molecule has 0 aromatic heterocycles. The fourth-order valence-corrected chi connectivity index (χ4v) is 7.86. The van der Waals surface area contributed by atoms with Gasteiger partial charge in [0.1, 0.15) is 0 Å². The van der Waals surface area contributed by atoms with Crippen molar-refractivity contribution < 1.29 is 31.8 Å². The van der Waals surface area contributed by atoms with E-state index in [1.165, 1.54) is 12.8 Å². The molecule has 5 rings (SSSR count). The predicted molar refractivity (Wildman–Crippen MR) is 161 cm³/mol. The van der Waals surface area contributed by atoms with E-state index in [1.807, 2.05) is 6.92 Å². The molecule has 3 aliphatic carbocycles. The fourth-order valence-electron chi connectivity index (χ4n) is 7.86. The second kappa shape index (κ2) is 15.1. The molecule has 0 aliphatic heterocycles. The van der Waals surface area contributed by atoms with Crippen molar-refractivity contribution >= 4 is 0 Å². The van der Waals surface area contributed by atoms with Crippen LogP contribution in [0.5, 0.6) is 11.5 Å². The molecule has 3 fully saturated rings. The van der Waals surface area contributed by atoms with Gasteiger partial charge >= 0.3 is 0 Å². The Hall–Kier alpha value is -2.28. The van der Waals surface area contributed by atoms with Crippen LogP contribution in [0.3, 0.4) is 0 Å². The van der Waals surface area contributed by atoms with Crippen LogP contribution in [-0.2, 0) is 4.74 Å². The Kier molecular flexibility index (Phi) is 11.3. The van der Waals surface area contributed by atoms with Gasteiger partial charge in [-0.25, -0.2) is 8.78 Å². The standard InChI is InChI=1S/C36H48F4O3/c1-3-21-42-32-20-18-29(34(38)36(32)40)26-7-5-23(6-8-26)22-43-28-15-13-25(14-16-28)24-9-11-27(12-10-24)30-17-19-31(41-4-2)35(39)33(30)37/h17-20,23-28H,3-16,21-22H2,1-2H3. The van der Waals surface area contributed by atoms with Crippen molar-refractivity contribution in [1.82, 2.24) is 0 Å². The van der Waals surface area contributed by atoms with E-state index in [-0.39, 0.29) is 23.3 Å². The summed E-state index contributed by atoms with van der Waals surface area (Å²) in [4.78, 5) is 0. The predicted octanol–water partition coefficient (Wildman–Crippen LogP) is 10.3. The molecule has 0 unspecified atom stereocenters. The molecule has 2 aromatic carbocycles. The van der Waals surface area contributed by atoms with Crippen molar-refractivity contribution in [1.29, 1.82) is 0 Å². The van der Waals surface area contributed by atoms with Crippen LogP contribution in [0.25, 0.3) is 0 Å². The maximum absolute atomic E-state index is 14.8. The SMILES string of the molecule is CCCOc1ccc(C2CCC(COC3CCC(C4CCC(c5ccc(OCC)c(F)c5F)CC4)CC3)CC2)c(F)c1F. The summed E-state index contributed by atoms with van der Waals surface area (Å²) in [5.74, 6) is -1.29. The van der Waals surface area contributed by atoms with Crippen LogP contribution < -0.4 is 9.47 Å². The van der Waals surface area contributed by atoms with E-state index < -0.39 is 23.3 Å². The molecule has 43 heavy (non-hydrogen) atoms. The lowest BCUT2D eigenvalue weighted by Gasteiger charge is -2.38. The van der Waals surface area contributed by atoms with Crippen LogP contribution in [0, 0.1) is 41.0 Å². The molecule has 3 saturated carbocycles. The van der Waals surface area contributed by atoms with Crippen molar-refractivity contribution in [3.63, 3.8) is 0 Å². The molecule has 3 aliphatic rings. The number of ether oxygens (including phenoxy) is 3. The third-order valence-electron chi connectivity index (χ3n) is 10.4. The number of hydrogen-bond acceptors (Lipinski definition) is 3. The molecule has 0 N–H and O–H groups in total. The summed E-state index contributed by atoms with van der Waals surface area (Å²) >= 11 is 0. The monoisotopic (exact) mass is 604 g/mol. The average Bonchev–Trinajstić information content (AvgIpc) is 3.04. The molecule has 0 bridgehead atoms. The third-order valence-corrected chi connectivity index (χ3v) is 10.4. The normalized spacial score (nSPS) is 28.0. The van der Waals surface area contributed by atoms with Crippen molar-refractivity contribution in [2.45, 2.75) is 115 Å². The Morgan fingerprint density at radius 1 is 0.581 bits per heavy atom. The highest BCUT2D eigenvalue weighted by Gasteiger charge is 2.34. The summed E-state index contributed by atoms with van der Waals surface area (Å²) in [5, 5.41) is 0. The molecule has 0 atom stereocenters. The van der Waals surface area contributed by atoms with Gasteiger partial charge in [-0.3, -0.25) is 0 Å². The van der Waals surface area contributed by atoms with Gasteiger partial charge in [-0.2, -0.15) is 8.78 Å². The van der Waals surface area contributed by atoms with Gasteiger partial charge in [0, 0.05) is 6.61 Å². The largest absolute Gasteiger partial charge is 0.491 e. The quantitative estimate of drug-likeness (QED) is 0.239. The minimum Gasteiger partial charge on any atom is -0.491 e. The summed E-state index contributed by atoms with van der Waals surface area (Å²) in [6.45, 7) is 5.13. The van der Waals surface area contributed by atoms with Gasteiger partial charge in [0.05, 0.1) is 19.3 Å². The Morgan fingerprint density at radius 3 is 1.58 bits per heavy atom. The van der Waals surface area contributed by atoms with Gasteiger partial charge in [-0.1, -0.05) is 19.1 Å². The Balaban J connectivity index is 1.01.